The van der Waals surface area contributed by atoms with E-state index >= 15 is 0 Å². The molecule has 1 atom stereocenters. The van der Waals surface area contributed by atoms with Crippen molar-refractivity contribution in [3.05, 3.63) is 75.3 Å². The summed E-state index contributed by atoms with van der Waals surface area (Å²) in [4.78, 5) is 9.51. The molecule has 1 aromatic carbocycles. The third-order valence-electron chi connectivity index (χ3n) is 3.98. The molecule has 0 aliphatic heterocycles. The number of aliphatic imine (C=N–C) groups is 1. The van der Waals surface area contributed by atoms with E-state index in [4.69, 9.17) is 16.3 Å². The lowest BCUT2D eigenvalue weighted by Crippen LogP contribution is -2.39. The molecule has 2 aromatic heterocycles. The minimum Gasteiger partial charge on any atom is -0.439 e. The molecular weight excluding hydrogens is 554 g/mol. The highest BCUT2D eigenvalue weighted by atomic mass is 127. The first-order valence-corrected chi connectivity index (χ1v) is 10.6. The molecule has 1 unspecified atom stereocenters. The van der Waals surface area contributed by atoms with Gasteiger partial charge in [0.05, 0.1) is 10.9 Å². The van der Waals surface area contributed by atoms with Crippen molar-refractivity contribution < 1.29 is 14.2 Å². The number of nitrogens with one attached hydrogen (secondary N) is 2. The first kappa shape index (κ1) is 25.3. The molecule has 0 amide bonds. The summed E-state index contributed by atoms with van der Waals surface area (Å²) in [6, 6.07) is 12.9. The van der Waals surface area contributed by atoms with Gasteiger partial charge in [-0.1, -0.05) is 11.6 Å². The van der Waals surface area contributed by atoms with E-state index in [2.05, 4.69) is 20.6 Å². The van der Waals surface area contributed by atoms with Gasteiger partial charge in [-0.25, -0.2) is 14.4 Å². The standard InChI is InChI=1S/C21H22ClFN4O2S.HI/c1-2-24-21(27-13-17(28)18-7-8-19(22)30-18)26-12-14-9-10-25-20(11-14)29-16-5-3-15(23)4-6-16;/h3-11,17,28H,2,12-13H2,1H3,(H2,24,26,27);1H. The zero-order valence-electron chi connectivity index (χ0n) is 16.7. The number of guanidine groups is 1. The Morgan fingerprint density at radius 2 is 2.00 bits per heavy atom. The Morgan fingerprint density at radius 1 is 1.23 bits per heavy atom. The zero-order valence-corrected chi connectivity index (χ0v) is 20.6. The number of hydrogen-bond acceptors (Lipinski definition) is 5. The Labute approximate surface area is 206 Å². The van der Waals surface area contributed by atoms with Crippen LogP contribution in [-0.4, -0.2) is 29.1 Å². The summed E-state index contributed by atoms with van der Waals surface area (Å²) in [5.74, 6) is 1.16. The minimum atomic E-state index is -0.678. The molecule has 3 rings (SSSR count). The SMILES string of the molecule is CCNC(=NCc1ccnc(Oc2ccc(F)cc2)c1)NCC(O)c1ccc(Cl)s1.I. The second-order valence-corrected chi connectivity index (χ2v) is 8.04. The quantitative estimate of drug-likeness (QED) is 0.197. The number of rotatable bonds is 8. The van der Waals surface area contributed by atoms with Crippen molar-refractivity contribution in [2.45, 2.75) is 19.6 Å². The lowest BCUT2D eigenvalue weighted by Gasteiger charge is -2.14. The van der Waals surface area contributed by atoms with Crippen LogP contribution in [0.15, 0.2) is 59.7 Å². The number of hydrogen-bond donors (Lipinski definition) is 3. The topological polar surface area (TPSA) is 78.8 Å². The predicted octanol–water partition coefficient (Wildman–Crippen LogP) is 5.13. The van der Waals surface area contributed by atoms with E-state index in [0.717, 1.165) is 10.4 Å². The molecule has 0 fully saturated rings. The lowest BCUT2D eigenvalue weighted by molar-refractivity contribution is 0.184. The van der Waals surface area contributed by atoms with Gasteiger partial charge in [-0.05, 0) is 55.0 Å². The average Bonchev–Trinajstić information content (AvgIpc) is 3.18. The van der Waals surface area contributed by atoms with Gasteiger partial charge in [0.25, 0.3) is 0 Å². The molecule has 0 spiro atoms. The van der Waals surface area contributed by atoms with Crippen LogP contribution in [0.25, 0.3) is 0 Å². The van der Waals surface area contributed by atoms with E-state index < -0.39 is 6.10 Å². The second kappa shape index (κ2) is 12.8. The van der Waals surface area contributed by atoms with Crippen LogP contribution in [0.1, 0.15) is 23.5 Å². The number of ether oxygens (including phenoxy) is 1. The average molecular weight is 577 g/mol. The van der Waals surface area contributed by atoms with Crippen LogP contribution in [0, 0.1) is 5.82 Å². The van der Waals surface area contributed by atoms with E-state index in [1.807, 2.05) is 19.1 Å². The van der Waals surface area contributed by atoms with Gasteiger partial charge < -0.3 is 20.5 Å². The smallest absolute Gasteiger partial charge is 0.219 e. The maximum Gasteiger partial charge on any atom is 0.219 e. The monoisotopic (exact) mass is 576 g/mol. The molecule has 0 saturated carbocycles. The van der Waals surface area contributed by atoms with Crippen molar-refractivity contribution in [3.63, 3.8) is 0 Å². The molecule has 3 N–H and O–H groups in total. The van der Waals surface area contributed by atoms with Gasteiger partial charge in [-0.2, -0.15) is 0 Å². The number of thiophene rings is 1. The summed E-state index contributed by atoms with van der Waals surface area (Å²) in [7, 11) is 0. The van der Waals surface area contributed by atoms with Crippen molar-refractivity contribution >= 4 is 52.9 Å². The van der Waals surface area contributed by atoms with Crippen LogP contribution >= 0.6 is 46.9 Å². The molecule has 0 radical (unpaired) electrons. The molecule has 0 bridgehead atoms. The normalized spacial score (nSPS) is 12.1. The van der Waals surface area contributed by atoms with Gasteiger partial charge in [-0.15, -0.1) is 35.3 Å². The molecule has 6 nitrogen and oxygen atoms in total. The van der Waals surface area contributed by atoms with Crippen molar-refractivity contribution in [2.75, 3.05) is 13.1 Å². The zero-order chi connectivity index (χ0) is 21.3. The molecule has 0 aliphatic rings. The van der Waals surface area contributed by atoms with Gasteiger partial charge >= 0.3 is 0 Å². The Morgan fingerprint density at radius 3 is 2.68 bits per heavy atom. The Hall–Kier alpha value is -1.95. The van der Waals surface area contributed by atoms with E-state index in [1.54, 1.807) is 30.5 Å². The maximum absolute atomic E-state index is 13.0. The van der Waals surface area contributed by atoms with Gasteiger partial charge in [0, 0.05) is 30.2 Å². The van der Waals surface area contributed by atoms with E-state index in [1.165, 1.54) is 23.5 Å². The third-order valence-corrected chi connectivity index (χ3v) is 5.32. The lowest BCUT2D eigenvalue weighted by atomic mass is 10.2. The number of aliphatic hydroxyl groups is 1. The summed E-state index contributed by atoms with van der Waals surface area (Å²) in [5.41, 5.74) is 0.893. The van der Waals surface area contributed by atoms with Crippen LogP contribution in [0.2, 0.25) is 4.34 Å². The van der Waals surface area contributed by atoms with Crippen LogP contribution in [0.3, 0.4) is 0 Å². The summed E-state index contributed by atoms with van der Waals surface area (Å²) in [5, 5.41) is 16.6. The van der Waals surface area contributed by atoms with Gasteiger partial charge in [0.2, 0.25) is 5.88 Å². The number of aliphatic hydroxyl groups excluding tert-OH is 1. The molecule has 0 saturated heterocycles. The number of benzene rings is 1. The number of aromatic nitrogens is 1. The highest BCUT2D eigenvalue weighted by Gasteiger charge is 2.11. The van der Waals surface area contributed by atoms with Crippen molar-refractivity contribution in [1.82, 2.24) is 15.6 Å². The van der Waals surface area contributed by atoms with Gasteiger partial charge in [-0.3, -0.25) is 0 Å². The molecule has 3 aromatic rings. The highest BCUT2D eigenvalue weighted by molar-refractivity contribution is 14.0. The third kappa shape index (κ3) is 8.24. The highest BCUT2D eigenvalue weighted by Crippen LogP contribution is 2.26. The first-order valence-electron chi connectivity index (χ1n) is 9.37. The van der Waals surface area contributed by atoms with Crippen LogP contribution in [0.4, 0.5) is 4.39 Å². The van der Waals surface area contributed by atoms with Crippen molar-refractivity contribution in [1.29, 1.82) is 0 Å². The van der Waals surface area contributed by atoms with E-state index in [-0.39, 0.29) is 29.8 Å². The largest absolute Gasteiger partial charge is 0.439 e. The summed E-state index contributed by atoms with van der Waals surface area (Å²) < 4.78 is 19.3. The molecule has 0 aliphatic carbocycles. The Kier molecular flexibility index (Phi) is 10.4. The Balaban J connectivity index is 0.00000341. The van der Waals surface area contributed by atoms with E-state index in [9.17, 15) is 9.50 Å². The molecule has 166 valence electrons. The minimum absolute atomic E-state index is 0. The predicted molar refractivity (Wildman–Crippen MR) is 133 cm³/mol. The molecule has 10 heteroatoms. The number of pyridine rings is 1. The molecular formula is C21H23ClFIN4O2S. The van der Waals surface area contributed by atoms with Crippen molar-refractivity contribution in [2.24, 2.45) is 4.99 Å². The molecule has 2 heterocycles. The Bertz CT molecular complexity index is 988. The van der Waals surface area contributed by atoms with Crippen LogP contribution < -0.4 is 15.4 Å². The van der Waals surface area contributed by atoms with Gasteiger partial charge in [0.1, 0.15) is 17.7 Å². The fourth-order valence-corrected chi connectivity index (χ4v) is 3.59. The fourth-order valence-electron chi connectivity index (χ4n) is 2.54. The fraction of sp³-hybridized carbons (Fsp3) is 0.238. The second-order valence-electron chi connectivity index (χ2n) is 6.29. The van der Waals surface area contributed by atoms with Gasteiger partial charge in [0.15, 0.2) is 5.96 Å². The number of halogens is 3. The first-order chi connectivity index (χ1) is 14.5. The van der Waals surface area contributed by atoms with Crippen molar-refractivity contribution in [3.8, 4) is 11.6 Å². The van der Waals surface area contributed by atoms with Crippen LogP contribution in [-0.2, 0) is 6.54 Å². The molecule has 31 heavy (non-hydrogen) atoms. The summed E-state index contributed by atoms with van der Waals surface area (Å²) in [6.45, 7) is 3.34. The van der Waals surface area contributed by atoms with E-state index in [0.29, 0.717) is 41.6 Å². The maximum atomic E-state index is 13.0. The summed E-state index contributed by atoms with van der Waals surface area (Å²) in [6.07, 6.45) is 0.955. The van der Waals surface area contributed by atoms with Crippen LogP contribution in [0.5, 0.6) is 11.6 Å². The summed E-state index contributed by atoms with van der Waals surface area (Å²) >= 11 is 7.27. The number of nitrogens with zero attached hydrogens (tertiary/aromatic N) is 2.